The molecule has 0 N–H and O–H groups in total. The zero-order valence-electron chi connectivity index (χ0n) is 37.1. The Morgan fingerprint density at radius 1 is 0.232 bits per heavy atom. The average Bonchev–Trinajstić information content (AvgIpc) is 4.07. The van der Waals surface area contributed by atoms with Crippen molar-refractivity contribution < 1.29 is 0 Å². The van der Waals surface area contributed by atoms with Crippen LogP contribution in [0.25, 0.3) is 128 Å². The van der Waals surface area contributed by atoms with Gasteiger partial charge < -0.3 is 9.13 Å². The molecule has 0 aliphatic carbocycles. The Balaban J connectivity index is 1.30. The quantitative estimate of drug-likeness (QED) is 0.160. The van der Waals surface area contributed by atoms with E-state index in [0.717, 1.165) is 111 Å². The van der Waals surface area contributed by atoms with Crippen molar-refractivity contribution in [3.05, 3.63) is 237 Å². The van der Waals surface area contributed by atoms with Crippen LogP contribution in [0.1, 0.15) is 0 Å². The highest BCUT2D eigenvalue weighted by Gasteiger charge is 2.33. The summed E-state index contributed by atoms with van der Waals surface area (Å²) in [6.45, 7) is 0. The third kappa shape index (κ3) is 6.00. The maximum Gasteiger partial charge on any atom is 0.168 e. The van der Waals surface area contributed by atoms with E-state index in [0.29, 0.717) is 17.5 Å². The number of hydrogen-bond donors (Lipinski definition) is 0. The van der Waals surface area contributed by atoms with Crippen molar-refractivity contribution in [3.8, 4) is 62.6 Å². The monoisotopic (exact) mass is 881 g/mol. The number of aromatic nitrogens is 7. The fraction of sp³-hybridized carbons (Fsp3) is 0. The number of hydrogen-bond acceptors (Lipinski definition) is 4. The van der Waals surface area contributed by atoms with E-state index in [4.69, 9.17) is 19.9 Å². The van der Waals surface area contributed by atoms with E-state index in [1.54, 1.807) is 0 Å². The van der Waals surface area contributed by atoms with Crippen molar-refractivity contribution in [2.24, 2.45) is 0 Å². The SMILES string of the molecule is c1ccc(-c2nc(-c3ccccc3)nc(-c3c(-n4c5ccccc5c5ccccc54)c(-c4ccccc4)nc(-n4c5ccccc5c5ccccc54)c3-n3c4ccccc4c4ccccc43)n2)cc1. The predicted molar refractivity (Wildman–Crippen MR) is 282 cm³/mol. The van der Waals surface area contributed by atoms with Crippen LogP contribution in [0.4, 0.5) is 0 Å². The van der Waals surface area contributed by atoms with E-state index in [1.807, 2.05) is 36.4 Å². The molecule has 7 nitrogen and oxygen atoms in total. The summed E-state index contributed by atoms with van der Waals surface area (Å²) in [5.41, 5.74) is 12.2. The van der Waals surface area contributed by atoms with Gasteiger partial charge in [0.25, 0.3) is 0 Å². The largest absolute Gasteiger partial charge is 0.306 e. The topological polar surface area (TPSA) is 66.3 Å². The molecule has 7 heteroatoms. The molecule has 0 aliphatic rings. The van der Waals surface area contributed by atoms with Crippen LogP contribution < -0.4 is 0 Å². The van der Waals surface area contributed by atoms with Gasteiger partial charge in [-0.15, -0.1) is 0 Å². The Morgan fingerprint density at radius 2 is 0.522 bits per heavy atom. The number of nitrogens with zero attached hydrogens (tertiary/aromatic N) is 7. The molecule has 0 amide bonds. The van der Waals surface area contributed by atoms with Crippen molar-refractivity contribution in [1.82, 2.24) is 33.6 Å². The summed E-state index contributed by atoms with van der Waals surface area (Å²) < 4.78 is 7.16. The average molecular weight is 882 g/mol. The van der Waals surface area contributed by atoms with E-state index in [1.165, 1.54) is 0 Å². The molecule has 69 heavy (non-hydrogen) atoms. The van der Waals surface area contributed by atoms with Crippen molar-refractivity contribution in [2.75, 3.05) is 0 Å². The number of para-hydroxylation sites is 6. The van der Waals surface area contributed by atoms with Gasteiger partial charge in [-0.1, -0.05) is 200 Å². The van der Waals surface area contributed by atoms with Gasteiger partial charge in [0.15, 0.2) is 23.3 Å². The minimum Gasteiger partial charge on any atom is -0.306 e. The Labute approximate surface area is 396 Å². The summed E-state index contributed by atoms with van der Waals surface area (Å²) >= 11 is 0. The first kappa shape index (κ1) is 38.8. The van der Waals surface area contributed by atoms with Gasteiger partial charge in [-0.2, -0.15) is 0 Å². The molecule has 0 radical (unpaired) electrons. The maximum atomic E-state index is 6.12. The van der Waals surface area contributed by atoms with Gasteiger partial charge in [0.1, 0.15) is 5.69 Å². The lowest BCUT2D eigenvalue weighted by Gasteiger charge is -2.25. The highest BCUT2D eigenvalue weighted by atomic mass is 15.2. The Hall–Kier alpha value is -9.46. The summed E-state index contributed by atoms with van der Waals surface area (Å²) in [4.78, 5) is 22.7. The molecule has 0 bridgehead atoms. The summed E-state index contributed by atoms with van der Waals surface area (Å²) in [7, 11) is 0. The zero-order valence-corrected chi connectivity index (χ0v) is 37.1. The van der Waals surface area contributed by atoms with Crippen LogP contribution >= 0.6 is 0 Å². The van der Waals surface area contributed by atoms with Crippen molar-refractivity contribution in [1.29, 1.82) is 0 Å². The first-order chi connectivity index (χ1) is 34.3. The normalized spacial score (nSPS) is 11.8. The van der Waals surface area contributed by atoms with Gasteiger partial charge in [-0.3, -0.25) is 4.57 Å². The fourth-order valence-electron chi connectivity index (χ4n) is 10.5. The molecule has 0 atom stereocenters. The Bertz CT molecular complexity index is 4080. The van der Waals surface area contributed by atoms with E-state index < -0.39 is 0 Å². The lowest BCUT2D eigenvalue weighted by molar-refractivity contribution is 0.997. The maximum absolute atomic E-state index is 6.12. The van der Waals surface area contributed by atoms with E-state index in [-0.39, 0.29) is 0 Å². The highest BCUT2D eigenvalue weighted by Crippen LogP contribution is 2.48. The predicted octanol–water partition coefficient (Wildman–Crippen LogP) is 15.2. The third-order valence-corrected chi connectivity index (χ3v) is 13.5. The van der Waals surface area contributed by atoms with Gasteiger partial charge in [0, 0.05) is 49.0 Å². The lowest BCUT2D eigenvalue weighted by Crippen LogP contribution is -2.15. The molecule has 322 valence electrons. The van der Waals surface area contributed by atoms with Gasteiger partial charge in [-0.05, 0) is 36.4 Å². The summed E-state index contributed by atoms with van der Waals surface area (Å²) in [5.74, 6) is 2.38. The smallest absolute Gasteiger partial charge is 0.168 e. The molecule has 0 saturated carbocycles. The molecule has 9 aromatic carbocycles. The van der Waals surface area contributed by atoms with Crippen LogP contribution in [-0.2, 0) is 0 Å². The standard InChI is InChI=1S/C62H39N7/c1-4-22-40(23-5-1)56-57(67-49-34-16-10-28-43(49)44-29-11-17-35-50(44)67)55(61-65-59(41-24-6-2-7-25-41)64-60(66-61)42-26-8-3-9-27-42)58(68-51-36-18-12-30-45(51)46-31-13-19-37-52(46)68)62(63-56)69-53-38-20-14-32-47(53)48-33-15-21-39-54(48)69/h1-39H. The lowest BCUT2D eigenvalue weighted by atomic mass is 10.0. The summed E-state index contributed by atoms with van der Waals surface area (Å²) in [5, 5.41) is 6.79. The second-order valence-electron chi connectivity index (χ2n) is 17.4. The van der Waals surface area contributed by atoms with Crippen LogP contribution in [0.3, 0.4) is 0 Å². The van der Waals surface area contributed by atoms with Crippen LogP contribution in [0.15, 0.2) is 237 Å². The van der Waals surface area contributed by atoms with Crippen molar-refractivity contribution in [2.45, 2.75) is 0 Å². The van der Waals surface area contributed by atoms with E-state index in [2.05, 4.69) is 214 Å². The number of benzene rings is 9. The molecule has 0 aliphatic heterocycles. The number of rotatable bonds is 7. The first-order valence-electron chi connectivity index (χ1n) is 23.2. The molecule has 14 rings (SSSR count). The molecule has 5 heterocycles. The second kappa shape index (κ2) is 15.6. The molecule has 0 saturated heterocycles. The van der Waals surface area contributed by atoms with Gasteiger partial charge in [0.05, 0.1) is 50.0 Å². The number of pyridine rings is 1. The Kier molecular flexibility index (Phi) is 8.75. The molecule has 14 aromatic rings. The Morgan fingerprint density at radius 3 is 0.899 bits per heavy atom. The molecule has 0 spiro atoms. The van der Waals surface area contributed by atoms with Gasteiger partial charge in [-0.25, -0.2) is 19.9 Å². The minimum absolute atomic E-state index is 0.512. The van der Waals surface area contributed by atoms with Crippen LogP contribution in [0.5, 0.6) is 0 Å². The van der Waals surface area contributed by atoms with Crippen LogP contribution in [-0.4, -0.2) is 33.6 Å². The molecule has 0 fully saturated rings. The molecule has 0 unspecified atom stereocenters. The first-order valence-corrected chi connectivity index (χ1v) is 23.2. The van der Waals surface area contributed by atoms with E-state index in [9.17, 15) is 0 Å². The van der Waals surface area contributed by atoms with E-state index >= 15 is 0 Å². The molecular formula is C62H39N7. The fourth-order valence-corrected chi connectivity index (χ4v) is 10.5. The second-order valence-corrected chi connectivity index (χ2v) is 17.4. The zero-order chi connectivity index (χ0) is 45.4. The third-order valence-electron chi connectivity index (χ3n) is 13.5. The molecular weight excluding hydrogens is 843 g/mol. The minimum atomic E-state index is 0.512. The van der Waals surface area contributed by atoms with Crippen molar-refractivity contribution >= 4 is 65.4 Å². The summed E-state index contributed by atoms with van der Waals surface area (Å²) in [6.07, 6.45) is 0. The van der Waals surface area contributed by atoms with Gasteiger partial charge in [0.2, 0.25) is 0 Å². The van der Waals surface area contributed by atoms with Crippen molar-refractivity contribution in [3.63, 3.8) is 0 Å². The van der Waals surface area contributed by atoms with Gasteiger partial charge >= 0.3 is 0 Å². The molecule has 5 aromatic heterocycles. The van der Waals surface area contributed by atoms with Crippen LogP contribution in [0, 0.1) is 0 Å². The summed E-state index contributed by atoms with van der Waals surface area (Å²) in [6, 6.07) is 83.1. The highest BCUT2D eigenvalue weighted by molar-refractivity contribution is 6.14. The van der Waals surface area contributed by atoms with Crippen LogP contribution in [0.2, 0.25) is 0 Å². The number of fused-ring (bicyclic) bond motifs is 9.